The van der Waals surface area contributed by atoms with E-state index in [1.165, 1.54) is 35.2 Å². The molecule has 174 valence electrons. The van der Waals surface area contributed by atoms with Crippen LogP contribution >= 0.6 is 23.1 Å². The van der Waals surface area contributed by atoms with E-state index in [0.717, 1.165) is 44.3 Å². The van der Waals surface area contributed by atoms with E-state index in [0.29, 0.717) is 29.3 Å². The fraction of sp³-hybridized carbons (Fsp3) is 0.571. The maximum Gasteiger partial charge on any atom is 0.270 e. The third kappa shape index (κ3) is 6.63. The fourth-order valence-electron chi connectivity index (χ4n) is 3.55. The number of thioether (sulfide) groups is 1. The molecule has 1 aromatic heterocycles. The average Bonchev–Trinajstić information content (AvgIpc) is 2.93. The Labute approximate surface area is 194 Å². The first-order chi connectivity index (χ1) is 15.5. The molecular formula is C21H28N4O5S2. The number of amides is 2. The number of nitrogens with zero attached hydrogens (tertiary/aromatic N) is 4. The summed E-state index contributed by atoms with van der Waals surface area (Å²) in [5.41, 5.74) is 0.770. The lowest BCUT2D eigenvalue weighted by Crippen LogP contribution is -2.33. The molecule has 2 amide bonds. The van der Waals surface area contributed by atoms with Gasteiger partial charge in [0, 0.05) is 38.4 Å². The van der Waals surface area contributed by atoms with Crippen LogP contribution in [0.1, 0.15) is 32.6 Å². The summed E-state index contributed by atoms with van der Waals surface area (Å²) < 4.78 is 7.98. The van der Waals surface area contributed by atoms with Gasteiger partial charge in [-0.3, -0.25) is 19.7 Å². The second-order valence-corrected chi connectivity index (χ2v) is 9.43. The lowest BCUT2D eigenvalue weighted by atomic mass is 10.2. The second-order valence-electron chi connectivity index (χ2n) is 7.44. The summed E-state index contributed by atoms with van der Waals surface area (Å²) in [7, 11) is 0. The smallest absolute Gasteiger partial charge is 0.270 e. The van der Waals surface area contributed by atoms with Gasteiger partial charge in [-0.1, -0.05) is 24.2 Å². The first-order valence-corrected chi connectivity index (χ1v) is 12.8. The Kier molecular flexibility index (Phi) is 9.24. The van der Waals surface area contributed by atoms with Crippen molar-refractivity contribution in [2.75, 3.05) is 37.8 Å². The number of ether oxygens (including phenoxy) is 1. The van der Waals surface area contributed by atoms with E-state index in [2.05, 4.69) is 4.99 Å². The molecule has 2 aromatic rings. The summed E-state index contributed by atoms with van der Waals surface area (Å²) in [6, 6.07) is 4.62. The maximum absolute atomic E-state index is 12.5. The molecule has 1 aliphatic rings. The number of carbonyl (C=O) groups excluding carboxylic acids is 2. The van der Waals surface area contributed by atoms with Crippen LogP contribution in [0.2, 0.25) is 0 Å². The molecular weight excluding hydrogens is 452 g/mol. The zero-order valence-electron chi connectivity index (χ0n) is 18.2. The topological polar surface area (TPSA) is 107 Å². The number of hydrogen-bond acceptors (Lipinski definition) is 7. The largest absolute Gasteiger partial charge is 0.380 e. The summed E-state index contributed by atoms with van der Waals surface area (Å²) in [4.78, 5) is 42.2. The molecule has 1 aromatic carbocycles. The summed E-state index contributed by atoms with van der Waals surface area (Å²) in [5.74, 6) is 0.124. The van der Waals surface area contributed by atoms with Crippen molar-refractivity contribution in [3.05, 3.63) is 33.1 Å². The van der Waals surface area contributed by atoms with E-state index >= 15 is 0 Å². The Morgan fingerprint density at radius 2 is 1.97 bits per heavy atom. The van der Waals surface area contributed by atoms with Crippen molar-refractivity contribution in [1.82, 2.24) is 9.47 Å². The van der Waals surface area contributed by atoms with Gasteiger partial charge in [0.25, 0.3) is 11.6 Å². The van der Waals surface area contributed by atoms with Crippen LogP contribution in [0.3, 0.4) is 0 Å². The molecule has 32 heavy (non-hydrogen) atoms. The molecule has 0 spiro atoms. The van der Waals surface area contributed by atoms with Crippen LogP contribution in [0.5, 0.6) is 0 Å². The number of benzene rings is 1. The zero-order chi connectivity index (χ0) is 22.9. The predicted molar refractivity (Wildman–Crippen MR) is 126 cm³/mol. The molecule has 11 heteroatoms. The zero-order valence-corrected chi connectivity index (χ0v) is 19.8. The number of fused-ring (bicyclic) bond motifs is 1. The van der Waals surface area contributed by atoms with Crippen LogP contribution in [0.15, 0.2) is 23.2 Å². The van der Waals surface area contributed by atoms with Gasteiger partial charge >= 0.3 is 0 Å². The molecule has 0 N–H and O–H groups in total. The summed E-state index contributed by atoms with van der Waals surface area (Å²) >= 11 is 2.51. The third-order valence-electron chi connectivity index (χ3n) is 5.17. The summed E-state index contributed by atoms with van der Waals surface area (Å²) in [6.07, 6.45) is 4.40. The number of nitro groups is 1. The highest BCUT2D eigenvalue weighted by Gasteiger charge is 2.16. The van der Waals surface area contributed by atoms with Gasteiger partial charge in [-0.05, 0) is 25.8 Å². The minimum absolute atomic E-state index is 0.00355. The van der Waals surface area contributed by atoms with E-state index in [4.69, 9.17) is 4.74 Å². The van der Waals surface area contributed by atoms with Crippen LogP contribution < -0.4 is 4.80 Å². The first-order valence-electron chi connectivity index (χ1n) is 10.8. The maximum atomic E-state index is 12.5. The Hall–Kier alpha value is -2.24. The van der Waals surface area contributed by atoms with Crippen molar-refractivity contribution in [3.63, 3.8) is 0 Å². The quantitative estimate of drug-likeness (QED) is 0.310. The molecule has 3 rings (SSSR count). The molecule has 0 unspecified atom stereocenters. The molecule has 1 saturated heterocycles. The van der Waals surface area contributed by atoms with Gasteiger partial charge in [0.15, 0.2) is 4.80 Å². The molecule has 1 fully saturated rings. The van der Waals surface area contributed by atoms with Crippen molar-refractivity contribution in [2.24, 2.45) is 4.99 Å². The molecule has 1 aliphatic heterocycles. The Morgan fingerprint density at radius 1 is 1.22 bits per heavy atom. The van der Waals surface area contributed by atoms with Gasteiger partial charge in [-0.2, -0.15) is 4.99 Å². The normalized spacial score (nSPS) is 15.2. The number of aromatic nitrogens is 1. The minimum Gasteiger partial charge on any atom is -0.380 e. The number of hydrogen-bond donors (Lipinski definition) is 0. The Balaban J connectivity index is 1.70. The number of thiazole rings is 1. The molecule has 0 bridgehead atoms. The third-order valence-corrected chi connectivity index (χ3v) is 7.11. The number of rotatable bonds is 9. The standard InChI is InChI=1S/C21H28N4O5S2/c1-2-30-12-11-24-17-8-7-16(25(28)29)13-18(17)32-21(24)22-19(26)14-31-15-20(27)23-9-5-3-4-6-10-23/h7-8,13H,2-6,9-12,14-15H2,1H3. The number of carbonyl (C=O) groups is 2. The van der Waals surface area contributed by atoms with E-state index in [1.807, 2.05) is 16.4 Å². The molecule has 0 aliphatic carbocycles. The monoisotopic (exact) mass is 480 g/mol. The van der Waals surface area contributed by atoms with Crippen LogP contribution in [-0.2, 0) is 20.9 Å². The van der Waals surface area contributed by atoms with Crippen molar-refractivity contribution < 1.29 is 19.2 Å². The lowest BCUT2D eigenvalue weighted by Gasteiger charge is -2.19. The van der Waals surface area contributed by atoms with Gasteiger partial charge in [-0.25, -0.2) is 0 Å². The van der Waals surface area contributed by atoms with Gasteiger partial charge in [0.1, 0.15) is 0 Å². The van der Waals surface area contributed by atoms with E-state index in [9.17, 15) is 19.7 Å². The van der Waals surface area contributed by atoms with E-state index in [1.54, 1.807) is 6.07 Å². The Bertz CT molecular complexity index is 1020. The van der Waals surface area contributed by atoms with Gasteiger partial charge in [-0.15, -0.1) is 11.8 Å². The van der Waals surface area contributed by atoms with E-state index < -0.39 is 4.92 Å². The first kappa shape index (κ1) is 24.4. The molecule has 0 saturated carbocycles. The summed E-state index contributed by atoms with van der Waals surface area (Å²) in [6.45, 7) is 5.00. The molecule has 9 nitrogen and oxygen atoms in total. The number of likely N-dealkylation sites (tertiary alicyclic amines) is 1. The second kappa shape index (κ2) is 12.1. The van der Waals surface area contributed by atoms with Crippen molar-refractivity contribution in [2.45, 2.75) is 39.2 Å². The predicted octanol–water partition coefficient (Wildman–Crippen LogP) is 3.21. The van der Waals surface area contributed by atoms with Crippen molar-refractivity contribution in [1.29, 1.82) is 0 Å². The number of non-ortho nitro benzene ring substituents is 1. The van der Waals surface area contributed by atoms with Crippen LogP contribution in [0.25, 0.3) is 10.2 Å². The van der Waals surface area contributed by atoms with Crippen LogP contribution in [0.4, 0.5) is 5.69 Å². The highest BCUT2D eigenvalue weighted by Crippen LogP contribution is 2.23. The minimum atomic E-state index is -0.441. The van der Waals surface area contributed by atoms with Gasteiger partial charge < -0.3 is 14.2 Å². The number of nitro benzene ring substituents is 1. The van der Waals surface area contributed by atoms with Gasteiger partial charge in [0.05, 0.1) is 33.3 Å². The van der Waals surface area contributed by atoms with Crippen molar-refractivity contribution in [3.8, 4) is 0 Å². The molecule has 0 atom stereocenters. The highest BCUT2D eigenvalue weighted by molar-refractivity contribution is 8.00. The average molecular weight is 481 g/mol. The van der Waals surface area contributed by atoms with Gasteiger partial charge in [0.2, 0.25) is 5.91 Å². The lowest BCUT2D eigenvalue weighted by molar-refractivity contribution is -0.384. The van der Waals surface area contributed by atoms with Crippen LogP contribution in [-0.4, -0.2) is 64.0 Å². The summed E-state index contributed by atoms with van der Waals surface area (Å²) in [5, 5.41) is 11.1. The Morgan fingerprint density at radius 3 is 2.66 bits per heavy atom. The highest BCUT2D eigenvalue weighted by atomic mass is 32.2. The molecule has 2 heterocycles. The van der Waals surface area contributed by atoms with Crippen LogP contribution in [0, 0.1) is 10.1 Å². The van der Waals surface area contributed by atoms with Crippen molar-refractivity contribution >= 4 is 50.8 Å². The fourth-order valence-corrected chi connectivity index (χ4v) is 5.36. The van der Waals surface area contributed by atoms with E-state index in [-0.39, 0.29) is 29.0 Å². The molecule has 0 radical (unpaired) electrons. The SMILES string of the molecule is CCOCCn1c(=NC(=O)CSCC(=O)N2CCCCCC2)sc2cc([N+](=O)[O-])ccc21.